The Morgan fingerprint density at radius 3 is 3.26 bits per heavy atom. The molecule has 1 fully saturated rings. The third kappa shape index (κ3) is 2.17. The van der Waals surface area contributed by atoms with Crippen molar-refractivity contribution in [2.24, 2.45) is 0 Å². The van der Waals surface area contributed by atoms with Crippen LogP contribution in [0.4, 0.5) is 0 Å². The zero-order valence-electron chi connectivity index (χ0n) is 10.6. The molecule has 100 valence electrons. The van der Waals surface area contributed by atoms with E-state index < -0.39 is 0 Å². The second kappa shape index (κ2) is 5.14. The van der Waals surface area contributed by atoms with Gasteiger partial charge in [0.25, 0.3) is 0 Å². The minimum absolute atomic E-state index is 0.302. The van der Waals surface area contributed by atoms with Crippen molar-refractivity contribution in [1.82, 2.24) is 14.9 Å². The zero-order chi connectivity index (χ0) is 13.2. The Morgan fingerprint density at radius 1 is 1.63 bits per heavy atom. The van der Waals surface area contributed by atoms with Crippen LogP contribution in [0.25, 0.3) is 5.69 Å². The number of nitrogens with one attached hydrogen (secondary N) is 1. The van der Waals surface area contributed by atoms with E-state index >= 15 is 0 Å². The Kier molecular flexibility index (Phi) is 3.35. The van der Waals surface area contributed by atoms with Crippen molar-refractivity contribution in [3.05, 3.63) is 34.5 Å². The average Bonchev–Trinajstić information content (AvgIpc) is 3.14. The molecule has 3 heterocycles. The standard InChI is InChI=1S/C13H15N3O2S/c1-18-13(17)12-10(4-6-19-12)16-8-14-7-11(16)9-3-2-5-15-9/h4,6-9,15H,2-3,5H2,1H3. The maximum atomic E-state index is 11.8. The predicted molar refractivity (Wildman–Crippen MR) is 72.8 cm³/mol. The minimum Gasteiger partial charge on any atom is -0.465 e. The number of carbonyl (C=O) groups is 1. The first-order valence-corrected chi connectivity index (χ1v) is 7.11. The van der Waals surface area contributed by atoms with E-state index in [1.165, 1.54) is 24.9 Å². The summed E-state index contributed by atoms with van der Waals surface area (Å²) in [6.45, 7) is 1.03. The van der Waals surface area contributed by atoms with E-state index in [0.717, 1.165) is 24.3 Å². The molecule has 1 unspecified atom stereocenters. The number of nitrogens with zero attached hydrogens (tertiary/aromatic N) is 2. The number of carbonyl (C=O) groups excluding carboxylic acids is 1. The van der Waals surface area contributed by atoms with Crippen LogP contribution in [0, 0.1) is 0 Å². The molecule has 5 nitrogen and oxygen atoms in total. The number of hydrogen-bond donors (Lipinski definition) is 1. The number of thiophene rings is 1. The molecule has 1 aliphatic rings. The second-order valence-corrected chi connectivity index (χ2v) is 5.38. The van der Waals surface area contributed by atoms with Crippen LogP contribution >= 0.6 is 11.3 Å². The van der Waals surface area contributed by atoms with E-state index in [1.54, 1.807) is 6.33 Å². The SMILES string of the molecule is COC(=O)c1sccc1-n1cncc1C1CCCN1. The molecule has 19 heavy (non-hydrogen) atoms. The van der Waals surface area contributed by atoms with E-state index in [4.69, 9.17) is 4.74 Å². The summed E-state index contributed by atoms with van der Waals surface area (Å²) in [5, 5.41) is 5.35. The van der Waals surface area contributed by atoms with Gasteiger partial charge in [-0.05, 0) is 30.8 Å². The molecular weight excluding hydrogens is 262 g/mol. The molecule has 1 aliphatic heterocycles. The summed E-state index contributed by atoms with van der Waals surface area (Å²) >= 11 is 1.39. The molecule has 2 aromatic rings. The van der Waals surface area contributed by atoms with Crippen LogP contribution in [0.2, 0.25) is 0 Å². The number of rotatable bonds is 3. The van der Waals surface area contributed by atoms with Gasteiger partial charge in [-0.2, -0.15) is 0 Å². The van der Waals surface area contributed by atoms with Gasteiger partial charge in [0.1, 0.15) is 4.88 Å². The second-order valence-electron chi connectivity index (χ2n) is 4.46. The molecule has 1 saturated heterocycles. The quantitative estimate of drug-likeness (QED) is 0.873. The average molecular weight is 277 g/mol. The topological polar surface area (TPSA) is 56.2 Å². The van der Waals surface area contributed by atoms with Crippen molar-refractivity contribution in [1.29, 1.82) is 0 Å². The summed E-state index contributed by atoms with van der Waals surface area (Å²) in [7, 11) is 1.40. The van der Waals surface area contributed by atoms with Gasteiger partial charge >= 0.3 is 5.97 Å². The van der Waals surface area contributed by atoms with Crippen molar-refractivity contribution in [3.63, 3.8) is 0 Å². The molecule has 0 bridgehead atoms. The van der Waals surface area contributed by atoms with Crippen LogP contribution in [0.15, 0.2) is 24.0 Å². The Labute approximate surface area is 115 Å². The largest absolute Gasteiger partial charge is 0.465 e. The molecular formula is C13H15N3O2S. The fourth-order valence-corrected chi connectivity index (χ4v) is 3.24. The van der Waals surface area contributed by atoms with Crippen molar-refractivity contribution in [3.8, 4) is 5.69 Å². The maximum absolute atomic E-state index is 11.8. The Balaban J connectivity index is 2.01. The van der Waals surface area contributed by atoms with Gasteiger partial charge in [-0.3, -0.25) is 4.57 Å². The summed E-state index contributed by atoms with van der Waals surface area (Å²) in [6, 6.07) is 2.24. The third-order valence-corrected chi connectivity index (χ3v) is 4.24. The van der Waals surface area contributed by atoms with Crippen molar-refractivity contribution in [2.45, 2.75) is 18.9 Å². The van der Waals surface area contributed by atoms with Crippen molar-refractivity contribution in [2.75, 3.05) is 13.7 Å². The summed E-state index contributed by atoms with van der Waals surface area (Å²) in [5.41, 5.74) is 1.94. The van der Waals surface area contributed by atoms with Gasteiger partial charge in [0.05, 0.1) is 31.0 Å². The highest BCUT2D eigenvalue weighted by atomic mass is 32.1. The number of ether oxygens (including phenoxy) is 1. The van der Waals surface area contributed by atoms with Crippen molar-refractivity contribution < 1.29 is 9.53 Å². The molecule has 2 aromatic heterocycles. The lowest BCUT2D eigenvalue weighted by molar-refractivity contribution is 0.0606. The van der Waals surface area contributed by atoms with Crippen LogP contribution in [0.3, 0.4) is 0 Å². The molecule has 1 atom stereocenters. The molecule has 0 radical (unpaired) electrons. The van der Waals surface area contributed by atoms with Crippen LogP contribution in [0.5, 0.6) is 0 Å². The van der Waals surface area contributed by atoms with E-state index in [9.17, 15) is 4.79 Å². The number of aromatic nitrogens is 2. The first kappa shape index (κ1) is 12.4. The lowest BCUT2D eigenvalue weighted by Crippen LogP contribution is -2.16. The summed E-state index contributed by atoms with van der Waals surface area (Å²) in [5.74, 6) is -0.302. The van der Waals surface area contributed by atoms with Crippen LogP contribution < -0.4 is 5.32 Å². The van der Waals surface area contributed by atoms with Gasteiger partial charge in [-0.25, -0.2) is 9.78 Å². The van der Waals surface area contributed by atoms with Crippen LogP contribution in [-0.2, 0) is 4.74 Å². The molecule has 0 aromatic carbocycles. The smallest absolute Gasteiger partial charge is 0.350 e. The highest BCUT2D eigenvalue weighted by Gasteiger charge is 2.23. The molecule has 0 aliphatic carbocycles. The summed E-state index contributed by atoms with van der Waals surface area (Å²) in [4.78, 5) is 16.6. The molecule has 6 heteroatoms. The zero-order valence-corrected chi connectivity index (χ0v) is 11.4. The first-order chi connectivity index (χ1) is 9.31. The van der Waals surface area contributed by atoms with Gasteiger partial charge in [0.15, 0.2) is 0 Å². The van der Waals surface area contributed by atoms with Gasteiger partial charge in [0.2, 0.25) is 0 Å². The number of methoxy groups -OCH3 is 1. The monoisotopic (exact) mass is 277 g/mol. The molecule has 0 amide bonds. The van der Waals surface area contributed by atoms with Gasteiger partial charge in [-0.1, -0.05) is 0 Å². The molecule has 0 saturated carbocycles. The molecule has 1 N–H and O–H groups in total. The number of imidazole rings is 1. The fourth-order valence-electron chi connectivity index (χ4n) is 2.44. The third-order valence-electron chi connectivity index (χ3n) is 3.36. The normalized spacial score (nSPS) is 18.7. The Morgan fingerprint density at radius 2 is 2.53 bits per heavy atom. The Hall–Kier alpha value is -1.66. The number of hydrogen-bond acceptors (Lipinski definition) is 5. The van der Waals surface area contributed by atoms with Gasteiger partial charge < -0.3 is 10.1 Å². The number of esters is 1. The lowest BCUT2D eigenvalue weighted by Gasteiger charge is -2.13. The fraction of sp³-hybridized carbons (Fsp3) is 0.385. The van der Waals surface area contributed by atoms with E-state index in [2.05, 4.69) is 10.3 Å². The lowest BCUT2D eigenvalue weighted by atomic mass is 10.1. The van der Waals surface area contributed by atoms with Crippen LogP contribution in [0.1, 0.15) is 34.2 Å². The molecule has 0 spiro atoms. The van der Waals surface area contributed by atoms with Crippen LogP contribution in [-0.4, -0.2) is 29.2 Å². The minimum atomic E-state index is -0.302. The Bertz CT molecular complexity index is 584. The maximum Gasteiger partial charge on any atom is 0.350 e. The first-order valence-electron chi connectivity index (χ1n) is 6.23. The summed E-state index contributed by atoms with van der Waals surface area (Å²) in [6.07, 6.45) is 5.89. The van der Waals surface area contributed by atoms with Gasteiger partial charge in [-0.15, -0.1) is 11.3 Å². The highest BCUT2D eigenvalue weighted by molar-refractivity contribution is 7.12. The predicted octanol–water partition coefficient (Wildman–Crippen LogP) is 2.14. The van der Waals surface area contributed by atoms with E-state index in [1.807, 2.05) is 22.2 Å². The van der Waals surface area contributed by atoms with Gasteiger partial charge in [0, 0.05) is 6.04 Å². The summed E-state index contributed by atoms with van der Waals surface area (Å²) < 4.78 is 6.80. The van der Waals surface area contributed by atoms with E-state index in [0.29, 0.717) is 10.9 Å². The highest BCUT2D eigenvalue weighted by Crippen LogP contribution is 2.28. The van der Waals surface area contributed by atoms with Crippen molar-refractivity contribution >= 4 is 17.3 Å². The van der Waals surface area contributed by atoms with E-state index in [-0.39, 0.29) is 5.97 Å². The molecule has 3 rings (SSSR count).